The van der Waals surface area contributed by atoms with Crippen molar-refractivity contribution in [2.75, 3.05) is 7.11 Å². The van der Waals surface area contributed by atoms with Crippen LogP contribution in [0.3, 0.4) is 0 Å². The molecule has 0 N–H and O–H groups in total. The van der Waals surface area contributed by atoms with Gasteiger partial charge >= 0.3 is 5.71 Å². The number of aliphatic imine (C=N–C) groups is 1. The number of nitrogens with zero attached hydrogens (tertiary/aromatic N) is 3. The molecule has 2 rings (SSSR count). The average molecular weight is 225 g/mol. The second-order valence-corrected chi connectivity index (χ2v) is 3.40. The third-order valence-electron chi connectivity index (χ3n) is 2.29. The third kappa shape index (κ3) is 2.56. The number of para-hydroxylation sites is 1. The van der Waals surface area contributed by atoms with E-state index in [4.69, 9.17) is 10.3 Å². The van der Waals surface area contributed by atoms with Crippen molar-refractivity contribution in [3.63, 3.8) is 0 Å². The molecule has 0 aromatic heterocycles. The first-order valence-electron chi connectivity index (χ1n) is 5.13. The van der Waals surface area contributed by atoms with E-state index in [1.54, 1.807) is 18.2 Å². The van der Waals surface area contributed by atoms with Crippen LogP contribution < -0.4 is 0 Å². The predicted octanol–water partition coefficient (Wildman–Crippen LogP) is 2.53. The maximum absolute atomic E-state index is 8.74. The lowest BCUT2D eigenvalue weighted by molar-refractivity contribution is -0.00667. The van der Waals surface area contributed by atoms with Crippen LogP contribution in [0.2, 0.25) is 0 Å². The first-order valence-corrected chi connectivity index (χ1v) is 5.13. The summed E-state index contributed by atoms with van der Waals surface area (Å²) in [4.78, 5) is 7.54. The number of benzene rings is 1. The predicted molar refractivity (Wildman–Crippen MR) is 66.4 cm³/mol. The Morgan fingerprint density at radius 2 is 1.94 bits per heavy atom. The molecule has 1 aliphatic rings. The lowest BCUT2D eigenvalue weighted by atomic mass is 10.1. The van der Waals surface area contributed by atoms with Crippen molar-refractivity contribution in [1.29, 1.82) is 0 Å². The fourth-order valence-electron chi connectivity index (χ4n) is 1.47. The standard InChI is InChI=1S/C13H11N3O/c1-17-13-9-11(7-8-12(13)16-14)15-10-5-3-2-4-6-10/h2-9H,1H3. The molecule has 0 bridgehead atoms. The quantitative estimate of drug-likeness (QED) is 0.433. The van der Waals surface area contributed by atoms with E-state index in [9.17, 15) is 0 Å². The molecule has 0 radical (unpaired) electrons. The van der Waals surface area contributed by atoms with E-state index >= 15 is 0 Å². The van der Waals surface area contributed by atoms with Gasteiger partial charge in [-0.1, -0.05) is 18.2 Å². The van der Waals surface area contributed by atoms with Crippen LogP contribution in [0.4, 0.5) is 5.69 Å². The van der Waals surface area contributed by atoms with Crippen LogP contribution in [0, 0.1) is 0 Å². The largest absolute Gasteiger partial charge is 0.489 e. The van der Waals surface area contributed by atoms with Crippen LogP contribution in [0.1, 0.15) is 0 Å². The topological polar surface area (TPSA) is 58.0 Å². The zero-order chi connectivity index (χ0) is 12.1. The van der Waals surface area contributed by atoms with E-state index < -0.39 is 0 Å². The first-order chi connectivity index (χ1) is 8.33. The summed E-state index contributed by atoms with van der Waals surface area (Å²) in [7, 11) is 1.52. The minimum Gasteiger partial charge on any atom is -0.489 e. The van der Waals surface area contributed by atoms with E-state index in [1.807, 2.05) is 30.3 Å². The van der Waals surface area contributed by atoms with Gasteiger partial charge in [-0.25, -0.2) is 4.99 Å². The van der Waals surface area contributed by atoms with Crippen LogP contribution in [-0.4, -0.2) is 23.3 Å². The molecule has 4 nitrogen and oxygen atoms in total. The Kier molecular flexibility index (Phi) is 3.28. The molecule has 84 valence electrons. The Morgan fingerprint density at radius 1 is 1.18 bits per heavy atom. The van der Waals surface area contributed by atoms with Gasteiger partial charge in [-0.3, -0.25) is 0 Å². The second kappa shape index (κ2) is 5.05. The van der Waals surface area contributed by atoms with Gasteiger partial charge in [-0.05, 0) is 18.2 Å². The smallest absolute Gasteiger partial charge is 0.356 e. The fourth-order valence-corrected chi connectivity index (χ4v) is 1.47. The monoisotopic (exact) mass is 225 g/mol. The molecular formula is C13H11N3O. The SMILES string of the molecule is COC1=CC(=Nc2ccccc2)C=CC1=[N+]=[N-]. The van der Waals surface area contributed by atoms with Gasteiger partial charge in [0, 0.05) is 12.2 Å². The minimum absolute atomic E-state index is 0.388. The van der Waals surface area contributed by atoms with Gasteiger partial charge in [0.2, 0.25) is 5.76 Å². The van der Waals surface area contributed by atoms with Crippen LogP contribution in [-0.2, 0) is 4.74 Å². The van der Waals surface area contributed by atoms with Gasteiger partial charge < -0.3 is 10.3 Å². The molecule has 0 heterocycles. The van der Waals surface area contributed by atoms with E-state index in [2.05, 4.69) is 9.78 Å². The molecule has 0 aliphatic heterocycles. The summed E-state index contributed by atoms with van der Waals surface area (Å²) in [6, 6.07) is 9.61. The van der Waals surface area contributed by atoms with Crippen molar-refractivity contribution in [1.82, 2.24) is 0 Å². The molecule has 0 fully saturated rings. The number of hydrogen-bond donors (Lipinski definition) is 0. The van der Waals surface area contributed by atoms with Gasteiger partial charge in [0.1, 0.15) is 0 Å². The number of methoxy groups -OCH3 is 1. The fraction of sp³-hybridized carbons (Fsp3) is 0.0769. The normalized spacial score (nSPS) is 16.6. The van der Waals surface area contributed by atoms with Crippen molar-refractivity contribution >= 4 is 17.1 Å². The summed E-state index contributed by atoms with van der Waals surface area (Å²) >= 11 is 0. The van der Waals surface area contributed by atoms with Crippen LogP contribution in [0.15, 0.2) is 59.3 Å². The molecule has 0 saturated carbocycles. The summed E-state index contributed by atoms with van der Waals surface area (Å²) in [6.07, 6.45) is 5.15. The zero-order valence-electron chi connectivity index (χ0n) is 9.37. The van der Waals surface area contributed by atoms with Crippen molar-refractivity contribution in [2.24, 2.45) is 4.99 Å². The Morgan fingerprint density at radius 3 is 2.59 bits per heavy atom. The van der Waals surface area contributed by atoms with Crippen molar-refractivity contribution in [2.45, 2.75) is 0 Å². The molecule has 1 aromatic carbocycles. The van der Waals surface area contributed by atoms with Crippen LogP contribution in [0.5, 0.6) is 0 Å². The number of ether oxygens (including phenoxy) is 1. The summed E-state index contributed by atoms with van der Waals surface area (Å²) < 4.78 is 5.10. The molecule has 0 saturated heterocycles. The Bertz CT molecular complexity index is 549. The number of rotatable bonds is 2. The number of allylic oxidation sites excluding steroid dienone is 3. The molecule has 0 spiro atoms. The molecule has 1 aliphatic carbocycles. The summed E-state index contributed by atoms with van der Waals surface area (Å²) in [5.41, 5.74) is 10.7. The Balaban J connectivity index is 2.34. The van der Waals surface area contributed by atoms with Crippen molar-refractivity contribution < 1.29 is 9.53 Å². The maximum Gasteiger partial charge on any atom is 0.356 e. The highest BCUT2D eigenvalue weighted by Crippen LogP contribution is 2.14. The highest BCUT2D eigenvalue weighted by molar-refractivity contribution is 6.19. The van der Waals surface area contributed by atoms with Crippen LogP contribution >= 0.6 is 0 Å². The molecule has 1 aromatic rings. The maximum atomic E-state index is 8.74. The lowest BCUT2D eigenvalue weighted by Crippen LogP contribution is -2.10. The van der Waals surface area contributed by atoms with Crippen molar-refractivity contribution in [3.05, 3.63) is 59.9 Å². The molecule has 17 heavy (non-hydrogen) atoms. The van der Waals surface area contributed by atoms with Gasteiger partial charge in [0.15, 0.2) is 0 Å². The van der Waals surface area contributed by atoms with Gasteiger partial charge in [0.25, 0.3) is 0 Å². The molecule has 0 unspecified atom stereocenters. The van der Waals surface area contributed by atoms with Gasteiger partial charge in [-0.15, -0.1) is 0 Å². The molecule has 0 amide bonds. The van der Waals surface area contributed by atoms with E-state index in [0.29, 0.717) is 11.5 Å². The summed E-state index contributed by atoms with van der Waals surface area (Å²) in [6.45, 7) is 0. The highest BCUT2D eigenvalue weighted by atomic mass is 16.5. The molecule has 0 atom stereocenters. The lowest BCUT2D eigenvalue weighted by Gasteiger charge is -2.04. The summed E-state index contributed by atoms with van der Waals surface area (Å²) in [5, 5.41) is 0. The van der Waals surface area contributed by atoms with Gasteiger partial charge in [-0.2, -0.15) is 4.79 Å². The average Bonchev–Trinajstić information content (AvgIpc) is 2.40. The minimum atomic E-state index is 0.388. The van der Waals surface area contributed by atoms with E-state index in [1.165, 1.54) is 7.11 Å². The van der Waals surface area contributed by atoms with Crippen LogP contribution in [0.25, 0.3) is 5.53 Å². The molecular weight excluding hydrogens is 214 g/mol. The first kappa shape index (κ1) is 11.0. The van der Waals surface area contributed by atoms with E-state index in [0.717, 1.165) is 11.4 Å². The molecule has 4 heteroatoms. The third-order valence-corrected chi connectivity index (χ3v) is 2.29. The zero-order valence-corrected chi connectivity index (χ0v) is 9.37. The Hall–Kier alpha value is -2.45. The number of hydrogen-bond acceptors (Lipinski definition) is 2. The highest BCUT2D eigenvalue weighted by Gasteiger charge is 2.17. The van der Waals surface area contributed by atoms with E-state index in [-0.39, 0.29) is 0 Å². The summed E-state index contributed by atoms with van der Waals surface area (Å²) in [5.74, 6) is 0.490. The Labute approximate surface area is 99.2 Å². The van der Waals surface area contributed by atoms with Crippen molar-refractivity contribution in [3.8, 4) is 0 Å². The second-order valence-electron chi connectivity index (χ2n) is 3.40. The van der Waals surface area contributed by atoms with Gasteiger partial charge in [0.05, 0.1) is 18.5 Å².